The second-order valence-electron chi connectivity index (χ2n) is 7.24. The predicted octanol–water partition coefficient (Wildman–Crippen LogP) is 1.37. The van der Waals surface area contributed by atoms with E-state index in [1.807, 2.05) is 24.0 Å². The fraction of sp³-hybridized carbons (Fsp3) is 0.611. The fourth-order valence-electron chi connectivity index (χ4n) is 4.22. The van der Waals surface area contributed by atoms with E-state index in [-0.39, 0.29) is 6.04 Å². The minimum Gasteiger partial charge on any atom is -0.383 e. The zero-order valence-electron chi connectivity index (χ0n) is 15.4. The van der Waals surface area contributed by atoms with E-state index >= 15 is 0 Å². The lowest BCUT2D eigenvalue weighted by molar-refractivity contribution is 0.210. The van der Waals surface area contributed by atoms with E-state index in [4.69, 9.17) is 4.74 Å². The van der Waals surface area contributed by atoms with E-state index in [1.165, 1.54) is 12.0 Å². The summed E-state index contributed by atoms with van der Waals surface area (Å²) in [6.07, 6.45) is 9.30. The molecule has 8 heteroatoms. The number of aromatic nitrogens is 4. The molecule has 1 saturated heterocycles. The molecule has 2 fully saturated rings. The largest absolute Gasteiger partial charge is 0.383 e. The van der Waals surface area contributed by atoms with Gasteiger partial charge < -0.3 is 10.1 Å². The third-order valence-electron chi connectivity index (χ3n) is 5.57. The van der Waals surface area contributed by atoms with Crippen molar-refractivity contribution in [3.05, 3.63) is 36.0 Å². The maximum absolute atomic E-state index is 5.08. The third kappa shape index (κ3) is 3.58. The minimum absolute atomic E-state index is 0.199. The Kier molecular flexibility index (Phi) is 5.14. The van der Waals surface area contributed by atoms with E-state index in [9.17, 15) is 0 Å². The number of aryl methyl sites for hydroxylation is 1. The molecule has 2 aliphatic rings. The van der Waals surface area contributed by atoms with Crippen LogP contribution >= 0.6 is 0 Å². The van der Waals surface area contributed by atoms with Gasteiger partial charge in [0, 0.05) is 39.0 Å². The lowest BCUT2D eigenvalue weighted by Gasteiger charge is -2.32. The molecule has 4 atom stereocenters. The van der Waals surface area contributed by atoms with Crippen LogP contribution in [-0.4, -0.2) is 46.1 Å². The molecule has 0 spiro atoms. The molecule has 1 aliphatic heterocycles. The van der Waals surface area contributed by atoms with Crippen molar-refractivity contribution in [3.63, 3.8) is 0 Å². The molecule has 0 bridgehead atoms. The Hall–Kier alpha value is -2.03. The highest BCUT2D eigenvalue weighted by Gasteiger charge is 2.42. The summed E-state index contributed by atoms with van der Waals surface area (Å²) in [7, 11) is 3.68. The number of nitrogens with zero attached hydrogens (tertiary/aromatic N) is 4. The summed E-state index contributed by atoms with van der Waals surface area (Å²) >= 11 is 0. The molecule has 4 unspecified atom stereocenters. The Morgan fingerprint density at radius 1 is 1.31 bits per heavy atom. The lowest BCUT2D eigenvalue weighted by atomic mass is 9.73. The summed E-state index contributed by atoms with van der Waals surface area (Å²) in [6.45, 7) is 1.39. The number of hydrogen-bond acceptors (Lipinski definition) is 7. The van der Waals surface area contributed by atoms with Gasteiger partial charge in [0.2, 0.25) is 0 Å². The first kappa shape index (κ1) is 17.4. The van der Waals surface area contributed by atoms with Gasteiger partial charge in [-0.3, -0.25) is 10.1 Å². The number of methoxy groups -OCH3 is 1. The van der Waals surface area contributed by atoms with E-state index in [0.717, 1.165) is 30.9 Å². The first-order valence-electron chi connectivity index (χ1n) is 9.29. The van der Waals surface area contributed by atoms with Gasteiger partial charge in [-0.15, -0.1) is 0 Å². The van der Waals surface area contributed by atoms with Crippen LogP contribution < -0.4 is 16.2 Å². The van der Waals surface area contributed by atoms with Crippen LogP contribution in [0.4, 0.5) is 5.82 Å². The number of fused-ring (bicyclic) bond motifs is 1. The van der Waals surface area contributed by atoms with E-state index < -0.39 is 0 Å². The van der Waals surface area contributed by atoms with Crippen molar-refractivity contribution in [2.45, 2.75) is 37.3 Å². The predicted molar refractivity (Wildman–Crippen MR) is 98.5 cm³/mol. The van der Waals surface area contributed by atoms with Crippen molar-refractivity contribution in [3.8, 4) is 0 Å². The van der Waals surface area contributed by atoms with Crippen LogP contribution in [0, 0.1) is 5.92 Å². The molecule has 3 heterocycles. The van der Waals surface area contributed by atoms with Gasteiger partial charge in [-0.2, -0.15) is 5.10 Å². The molecule has 4 rings (SSSR count). The minimum atomic E-state index is 0.199. The highest BCUT2D eigenvalue weighted by Crippen LogP contribution is 2.43. The van der Waals surface area contributed by atoms with Crippen LogP contribution in [0.2, 0.25) is 0 Å². The van der Waals surface area contributed by atoms with Crippen LogP contribution in [0.15, 0.2) is 24.8 Å². The van der Waals surface area contributed by atoms with Crippen molar-refractivity contribution in [2.75, 3.05) is 25.6 Å². The smallest absolute Gasteiger partial charge is 0.129 e. The molecular formula is C18H27N7O. The summed E-state index contributed by atoms with van der Waals surface area (Å²) in [4.78, 5) is 8.86. The average Bonchev–Trinajstić information content (AvgIpc) is 3.28. The van der Waals surface area contributed by atoms with Crippen molar-refractivity contribution in [1.29, 1.82) is 0 Å². The average molecular weight is 357 g/mol. The molecule has 140 valence electrons. The van der Waals surface area contributed by atoms with Gasteiger partial charge in [0.25, 0.3) is 0 Å². The SMILES string of the molecule is COCCNc1cc(C2NNC3CCC(c4cnn(C)c4)CC32)ncn1. The molecule has 1 saturated carbocycles. The molecule has 0 aromatic carbocycles. The Labute approximate surface area is 153 Å². The quantitative estimate of drug-likeness (QED) is 0.673. The van der Waals surface area contributed by atoms with Crippen LogP contribution in [0.1, 0.15) is 42.5 Å². The van der Waals surface area contributed by atoms with Crippen molar-refractivity contribution < 1.29 is 4.74 Å². The molecule has 3 N–H and O–H groups in total. The summed E-state index contributed by atoms with van der Waals surface area (Å²) < 4.78 is 6.98. The standard InChI is InChI=1S/C18H27N7O/c1-25-10-13(9-22-25)12-3-4-15-14(7-12)18(24-23-15)16-8-17(21-11-20-16)19-5-6-26-2/h8-12,14-15,18,23-24H,3-7H2,1-2H3,(H,19,20,21). The van der Waals surface area contributed by atoms with E-state index in [2.05, 4.69) is 37.4 Å². The topological polar surface area (TPSA) is 88.9 Å². The van der Waals surface area contributed by atoms with Crippen molar-refractivity contribution in [1.82, 2.24) is 30.6 Å². The fourth-order valence-corrected chi connectivity index (χ4v) is 4.22. The number of hydrazine groups is 1. The Morgan fingerprint density at radius 3 is 3.04 bits per heavy atom. The van der Waals surface area contributed by atoms with Gasteiger partial charge in [-0.05, 0) is 36.7 Å². The number of anilines is 1. The number of nitrogens with one attached hydrogen (secondary N) is 3. The molecule has 0 amide bonds. The highest BCUT2D eigenvalue weighted by atomic mass is 16.5. The van der Waals surface area contributed by atoms with Crippen molar-refractivity contribution in [2.24, 2.45) is 13.0 Å². The first-order chi connectivity index (χ1) is 12.7. The van der Waals surface area contributed by atoms with Gasteiger partial charge in [0.05, 0.1) is 24.5 Å². The Morgan fingerprint density at radius 2 is 2.23 bits per heavy atom. The third-order valence-corrected chi connectivity index (χ3v) is 5.57. The molecule has 1 aliphatic carbocycles. The normalized spacial score (nSPS) is 28.1. The molecule has 8 nitrogen and oxygen atoms in total. The zero-order chi connectivity index (χ0) is 17.9. The summed E-state index contributed by atoms with van der Waals surface area (Å²) in [6, 6.07) is 2.74. The number of hydrogen-bond donors (Lipinski definition) is 3. The molecule has 26 heavy (non-hydrogen) atoms. The van der Waals surface area contributed by atoms with Crippen molar-refractivity contribution >= 4 is 5.82 Å². The Bertz CT molecular complexity index is 734. The summed E-state index contributed by atoms with van der Waals surface area (Å²) in [5.41, 5.74) is 9.34. The highest BCUT2D eigenvalue weighted by molar-refractivity contribution is 5.36. The monoisotopic (exact) mass is 357 g/mol. The molecule has 2 aromatic rings. The number of rotatable bonds is 6. The molecule has 0 radical (unpaired) electrons. The maximum Gasteiger partial charge on any atom is 0.129 e. The second kappa shape index (κ2) is 7.69. The van der Waals surface area contributed by atoms with Gasteiger partial charge in [0.15, 0.2) is 0 Å². The van der Waals surface area contributed by atoms with E-state index in [0.29, 0.717) is 24.5 Å². The van der Waals surface area contributed by atoms with Crippen LogP contribution in [0.3, 0.4) is 0 Å². The zero-order valence-corrected chi connectivity index (χ0v) is 15.4. The first-order valence-corrected chi connectivity index (χ1v) is 9.29. The van der Waals surface area contributed by atoms with Gasteiger partial charge in [0.1, 0.15) is 12.1 Å². The summed E-state index contributed by atoms with van der Waals surface area (Å²) in [5.74, 6) is 1.92. The lowest BCUT2D eigenvalue weighted by Crippen LogP contribution is -2.34. The second-order valence-corrected chi connectivity index (χ2v) is 7.24. The maximum atomic E-state index is 5.08. The van der Waals surface area contributed by atoms with Crippen LogP contribution in [0.25, 0.3) is 0 Å². The molecule has 2 aromatic heterocycles. The van der Waals surface area contributed by atoms with Gasteiger partial charge in [-0.1, -0.05) is 0 Å². The van der Waals surface area contributed by atoms with Crippen LogP contribution in [0.5, 0.6) is 0 Å². The molecular weight excluding hydrogens is 330 g/mol. The van der Waals surface area contributed by atoms with Gasteiger partial charge >= 0.3 is 0 Å². The Balaban J connectivity index is 1.48. The van der Waals surface area contributed by atoms with Gasteiger partial charge in [-0.25, -0.2) is 15.4 Å². The van der Waals surface area contributed by atoms with E-state index in [1.54, 1.807) is 13.4 Å². The number of ether oxygens (including phenoxy) is 1. The summed E-state index contributed by atoms with van der Waals surface area (Å²) in [5, 5.41) is 7.63. The van der Waals surface area contributed by atoms with Crippen LogP contribution in [-0.2, 0) is 11.8 Å².